The van der Waals surface area contributed by atoms with E-state index in [1.54, 1.807) is 24.1 Å². The van der Waals surface area contributed by atoms with Gasteiger partial charge in [0.05, 0.1) is 4.90 Å². The Hall–Kier alpha value is -2.74. The predicted octanol–water partition coefficient (Wildman–Crippen LogP) is 2.20. The summed E-state index contributed by atoms with van der Waals surface area (Å²) >= 11 is 0. The zero-order chi connectivity index (χ0) is 19.4. The maximum absolute atomic E-state index is 12.3. The van der Waals surface area contributed by atoms with E-state index in [4.69, 9.17) is 9.47 Å². The van der Waals surface area contributed by atoms with Crippen LogP contribution in [-0.4, -0.2) is 45.9 Å². The van der Waals surface area contributed by atoms with Crippen molar-refractivity contribution in [3.8, 4) is 11.5 Å². The summed E-state index contributed by atoms with van der Waals surface area (Å²) in [6, 6.07) is 11.9. The number of urea groups is 1. The van der Waals surface area contributed by atoms with Gasteiger partial charge in [0.2, 0.25) is 0 Å². The highest BCUT2D eigenvalue weighted by Crippen LogP contribution is 2.31. The average Bonchev–Trinajstić information content (AvgIpc) is 2.65. The summed E-state index contributed by atoms with van der Waals surface area (Å²) in [6.07, 6.45) is 1.16. The molecule has 0 radical (unpaired) electrons. The number of carbonyl (C=O) groups excluding carboxylic acids is 1. The van der Waals surface area contributed by atoms with Crippen molar-refractivity contribution in [3.63, 3.8) is 0 Å². The highest BCUT2D eigenvalue weighted by molar-refractivity contribution is 7.90. The van der Waals surface area contributed by atoms with Crippen molar-refractivity contribution < 1.29 is 22.7 Å². The molecule has 0 unspecified atom stereocenters. The number of nitrogens with zero attached hydrogens (tertiary/aromatic N) is 1. The lowest BCUT2D eigenvalue weighted by atomic mass is 10.2. The molecule has 3 rings (SSSR count). The molecule has 0 aromatic heterocycles. The second-order valence-corrected chi connectivity index (χ2v) is 8.42. The fourth-order valence-corrected chi connectivity index (χ4v) is 3.33. The second kappa shape index (κ2) is 7.87. The number of benzene rings is 2. The quantitative estimate of drug-likeness (QED) is 0.846. The van der Waals surface area contributed by atoms with Gasteiger partial charge in [-0.05, 0) is 35.4 Å². The number of ether oxygens (including phenoxy) is 2. The van der Waals surface area contributed by atoms with E-state index in [1.807, 2.05) is 18.2 Å². The number of fused-ring (bicyclic) bond motifs is 1. The van der Waals surface area contributed by atoms with Gasteiger partial charge in [-0.3, -0.25) is 0 Å². The minimum atomic E-state index is -3.22. The van der Waals surface area contributed by atoms with Crippen LogP contribution in [0.15, 0.2) is 47.4 Å². The Kier molecular flexibility index (Phi) is 5.55. The van der Waals surface area contributed by atoms with Crippen LogP contribution in [0.1, 0.15) is 11.1 Å². The van der Waals surface area contributed by atoms with Crippen LogP contribution in [0.4, 0.5) is 4.79 Å². The molecule has 27 heavy (non-hydrogen) atoms. The molecule has 0 fully saturated rings. The van der Waals surface area contributed by atoms with Crippen molar-refractivity contribution in [1.82, 2.24) is 10.2 Å². The average molecular weight is 390 g/mol. The summed E-state index contributed by atoms with van der Waals surface area (Å²) in [6.45, 7) is 1.80. The molecule has 144 valence electrons. The van der Waals surface area contributed by atoms with Crippen LogP contribution in [0.25, 0.3) is 0 Å². The summed E-state index contributed by atoms with van der Waals surface area (Å²) in [5, 5.41) is 2.82. The second-order valence-electron chi connectivity index (χ2n) is 6.41. The number of hydrogen-bond donors (Lipinski definition) is 1. The lowest BCUT2D eigenvalue weighted by Gasteiger charge is -2.21. The van der Waals surface area contributed by atoms with Gasteiger partial charge in [0.1, 0.15) is 13.2 Å². The molecule has 2 amide bonds. The maximum atomic E-state index is 12.3. The van der Waals surface area contributed by atoms with Crippen LogP contribution in [0, 0.1) is 0 Å². The Morgan fingerprint density at radius 1 is 1.04 bits per heavy atom. The molecule has 0 aliphatic carbocycles. The van der Waals surface area contributed by atoms with Gasteiger partial charge in [0.15, 0.2) is 21.3 Å². The smallest absolute Gasteiger partial charge is 0.317 e. The number of hydrogen-bond acceptors (Lipinski definition) is 5. The molecule has 1 aliphatic heterocycles. The van der Waals surface area contributed by atoms with E-state index in [9.17, 15) is 13.2 Å². The minimum absolute atomic E-state index is 0.225. The Morgan fingerprint density at radius 3 is 2.33 bits per heavy atom. The molecule has 1 aliphatic rings. The molecule has 0 spiro atoms. The van der Waals surface area contributed by atoms with Crippen molar-refractivity contribution in [2.24, 2.45) is 0 Å². The zero-order valence-electron chi connectivity index (χ0n) is 15.3. The number of carbonyl (C=O) groups is 1. The van der Waals surface area contributed by atoms with Crippen molar-refractivity contribution in [1.29, 1.82) is 0 Å². The van der Waals surface area contributed by atoms with E-state index in [1.165, 1.54) is 12.1 Å². The van der Waals surface area contributed by atoms with Gasteiger partial charge in [0.25, 0.3) is 0 Å². The van der Waals surface area contributed by atoms with Gasteiger partial charge >= 0.3 is 6.03 Å². The van der Waals surface area contributed by atoms with E-state index >= 15 is 0 Å². The fourth-order valence-electron chi connectivity index (χ4n) is 2.70. The SMILES string of the molecule is CN(Cc1ccc2c(c1)OCCO2)C(=O)NCc1ccc(S(C)(=O)=O)cc1. The lowest BCUT2D eigenvalue weighted by molar-refractivity contribution is 0.171. The molecule has 0 bridgehead atoms. The third kappa shape index (κ3) is 4.91. The molecule has 0 atom stereocenters. The normalized spacial score (nSPS) is 13.1. The van der Waals surface area contributed by atoms with E-state index < -0.39 is 9.84 Å². The van der Waals surface area contributed by atoms with Gasteiger partial charge in [-0.15, -0.1) is 0 Å². The van der Waals surface area contributed by atoms with Crippen molar-refractivity contribution in [3.05, 3.63) is 53.6 Å². The summed E-state index contributed by atoms with van der Waals surface area (Å²) < 4.78 is 34.0. The predicted molar refractivity (Wildman–Crippen MR) is 101 cm³/mol. The first kappa shape index (κ1) is 19.0. The number of amides is 2. The van der Waals surface area contributed by atoms with Crippen LogP contribution in [-0.2, 0) is 22.9 Å². The monoisotopic (exact) mass is 390 g/mol. The first-order valence-electron chi connectivity index (χ1n) is 8.49. The first-order chi connectivity index (χ1) is 12.8. The van der Waals surface area contributed by atoms with Gasteiger partial charge < -0.3 is 19.7 Å². The molecule has 0 saturated heterocycles. The summed E-state index contributed by atoms with van der Waals surface area (Å²) in [5.74, 6) is 1.41. The number of sulfone groups is 1. The summed E-state index contributed by atoms with van der Waals surface area (Å²) in [5.41, 5.74) is 1.76. The first-order valence-corrected chi connectivity index (χ1v) is 10.4. The minimum Gasteiger partial charge on any atom is -0.486 e. The summed E-state index contributed by atoms with van der Waals surface area (Å²) in [4.78, 5) is 14.1. The highest BCUT2D eigenvalue weighted by atomic mass is 32.2. The molecule has 7 nitrogen and oxygen atoms in total. The van der Waals surface area contributed by atoms with E-state index in [2.05, 4.69) is 5.32 Å². The van der Waals surface area contributed by atoms with E-state index in [-0.39, 0.29) is 10.9 Å². The molecule has 2 aromatic carbocycles. The molecular weight excluding hydrogens is 368 g/mol. The molecule has 1 N–H and O–H groups in total. The third-order valence-electron chi connectivity index (χ3n) is 4.17. The Morgan fingerprint density at radius 2 is 1.67 bits per heavy atom. The maximum Gasteiger partial charge on any atom is 0.317 e. The largest absolute Gasteiger partial charge is 0.486 e. The van der Waals surface area contributed by atoms with Crippen LogP contribution < -0.4 is 14.8 Å². The fraction of sp³-hybridized carbons (Fsp3) is 0.316. The molecular formula is C19H22N2O5S. The third-order valence-corrected chi connectivity index (χ3v) is 5.30. The Labute approximate surface area is 158 Å². The van der Waals surface area contributed by atoms with Gasteiger partial charge in [-0.1, -0.05) is 18.2 Å². The van der Waals surface area contributed by atoms with Crippen LogP contribution in [0.5, 0.6) is 11.5 Å². The van der Waals surface area contributed by atoms with E-state index in [0.29, 0.717) is 32.1 Å². The van der Waals surface area contributed by atoms with Gasteiger partial charge in [0, 0.05) is 26.4 Å². The standard InChI is InChI=1S/C19H22N2O5S/c1-21(13-15-5-8-17-18(11-15)26-10-9-25-17)19(22)20-12-14-3-6-16(7-4-14)27(2,23)24/h3-8,11H,9-10,12-13H2,1-2H3,(H,20,22). The van der Waals surface area contributed by atoms with Crippen molar-refractivity contribution in [2.75, 3.05) is 26.5 Å². The van der Waals surface area contributed by atoms with Crippen LogP contribution in [0.3, 0.4) is 0 Å². The van der Waals surface area contributed by atoms with E-state index in [0.717, 1.165) is 23.1 Å². The molecule has 8 heteroatoms. The lowest BCUT2D eigenvalue weighted by Crippen LogP contribution is -2.36. The molecule has 2 aromatic rings. The van der Waals surface area contributed by atoms with Crippen molar-refractivity contribution in [2.45, 2.75) is 18.0 Å². The van der Waals surface area contributed by atoms with Crippen LogP contribution in [0.2, 0.25) is 0 Å². The van der Waals surface area contributed by atoms with Gasteiger partial charge in [-0.2, -0.15) is 0 Å². The molecule has 1 heterocycles. The Bertz CT molecular complexity index is 926. The van der Waals surface area contributed by atoms with Crippen molar-refractivity contribution >= 4 is 15.9 Å². The number of rotatable bonds is 5. The topological polar surface area (TPSA) is 84.9 Å². The zero-order valence-corrected chi connectivity index (χ0v) is 16.1. The molecule has 0 saturated carbocycles. The Balaban J connectivity index is 1.55. The van der Waals surface area contributed by atoms with Gasteiger partial charge in [-0.25, -0.2) is 13.2 Å². The highest BCUT2D eigenvalue weighted by Gasteiger charge is 2.14. The summed E-state index contributed by atoms with van der Waals surface area (Å²) in [7, 11) is -1.51. The number of nitrogens with one attached hydrogen (secondary N) is 1. The van der Waals surface area contributed by atoms with Crippen LogP contribution >= 0.6 is 0 Å².